The van der Waals surface area contributed by atoms with Crippen LogP contribution < -0.4 is 0 Å². The standard InChI is InChI=1S/C16H14OS/c1-9-4-11(3)15-13(6-9)18-14-7-10(2)5-12(8-17)16(14)15/h4-8H,1-3H3. The van der Waals surface area contributed by atoms with Crippen LogP contribution in [-0.2, 0) is 0 Å². The highest BCUT2D eigenvalue weighted by Gasteiger charge is 2.12. The summed E-state index contributed by atoms with van der Waals surface area (Å²) in [5.41, 5.74) is 4.48. The molecule has 0 unspecified atom stereocenters. The van der Waals surface area contributed by atoms with E-state index in [1.54, 1.807) is 11.3 Å². The Balaban J connectivity index is 2.61. The summed E-state index contributed by atoms with van der Waals surface area (Å²) in [6.07, 6.45) is 0.973. The molecule has 0 aliphatic carbocycles. The Hall–Kier alpha value is -1.67. The van der Waals surface area contributed by atoms with Crippen LogP contribution in [0.2, 0.25) is 0 Å². The fourth-order valence-corrected chi connectivity index (χ4v) is 4.08. The zero-order valence-corrected chi connectivity index (χ0v) is 11.5. The van der Waals surface area contributed by atoms with Gasteiger partial charge in [0, 0.05) is 25.7 Å². The molecule has 2 heteroatoms. The Labute approximate surface area is 110 Å². The molecule has 18 heavy (non-hydrogen) atoms. The van der Waals surface area contributed by atoms with E-state index in [1.165, 1.54) is 25.9 Å². The number of hydrogen-bond acceptors (Lipinski definition) is 2. The van der Waals surface area contributed by atoms with E-state index in [2.05, 4.69) is 32.0 Å². The first-order valence-electron chi connectivity index (χ1n) is 5.99. The molecule has 0 aliphatic rings. The van der Waals surface area contributed by atoms with Crippen LogP contribution in [0.4, 0.5) is 0 Å². The molecule has 3 rings (SSSR count). The van der Waals surface area contributed by atoms with Crippen molar-refractivity contribution in [2.75, 3.05) is 0 Å². The molecule has 1 nitrogen and oxygen atoms in total. The molecule has 0 saturated carbocycles. The molecule has 3 aromatic rings. The monoisotopic (exact) mass is 254 g/mol. The maximum atomic E-state index is 11.3. The van der Waals surface area contributed by atoms with Crippen LogP contribution in [0.15, 0.2) is 24.3 Å². The molecule has 0 bridgehead atoms. The summed E-state index contributed by atoms with van der Waals surface area (Å²) in [6.45, 7) is 6.27. The first-order valence-corrected chi connectivity index (χ1v) is 6.81. The predicted octanol–water partition coefficient (Wildman–Crippen LogP) is 4.79. The third-order valence-corrected chi connectivity index (χ3v) is 4.40. The van der Waals surface area contributed by atoms with Gasteiger partial charge in [-0.05, 0) is 55.7 Å². The van der Waals surface area contributed by atoms with Crippen molar-refractivity contribution in [2.24, 2.45) is 0 Å². The molecule has 90 valence electrons. The van der Waals surface area contributed by atoms with E-state index in [4.69, 9.17) is 0 Å². The predicted molar refractivity (Wildman–Crippen MR) is 78.9 cm³/mol. The second-order valence-corrected chi connectivity index (χ2v) is 5.99. The van der Waals surface area contributed by atoms with Gasteiger partial charge in [-0.25, -0.2) is 0 Å². The SMILES string of the molecule is Cc1cc(C)c2c(c1)sc1cc(C)cc(C=O)c12. The van der Waals surface area contributed by atoms with Crippen molar-refractivity contribution in [1.29, 1.82) is 0 Å². The number of carbonyl (C=O) groups is 1. The zero-order chi connectivity index (χ0) is 12.9. The normalized spacial score (nSPS) is 11.3. The highest BCUT2D eigenvalue weighted by molar-refractivity contribution is 7.26. The first kappa shape index (κ1) is 11.4. The highest BCUT2D eigenvalue weighted by atomic mass is 32.1. The van der Waals surface area contributed by atoms with Gasteiger partial charge in [-0.1, -0.05) is 6.07 Å². The fraction of sp³-hybridized carbons (Fsp3) is 0.188. The van der Waals surface area contributed by atoms with Gasteiger partial charge < -0.3 is 0 Å². The largest absolute Gasteiger partial charge is 0.298 e. The Kier molecular flexibility index (Phi) is 2.49. The number of aryl methyl sites for hydroxylation is 3. The van der Waals surface area contributed by atoms with Crippen molar-refractivity contribution in [3.05, 3.63) is 46.5 Å². The lowest BCUT2D eigenvalue weighted by molar-refractivity contribution is 0.112. The minimum Gasteiger partial charge on any atom is -0.298 e. The third-order valence-electron chi connectivity index (χ3n) is 3.32. The van der Waals surface area contributed by atoms with Crippen LogP contribution in [0.3, 0.4) is 0 Å². The van der Waals surface area contributed by atoms with Gasteiger partial charge in [0.2, 0.25) is 0 Å². The van der Waals surface area contributed by atoms with Crippen LogP contribution in [0.1, 0.15) is 27.0 Å². The number of carbonyl (C=O) groups excluding carboxylic acids is 1. The number of fused-ring (bicyclic) bond motifs is 3. The van der Waals surface area contributed by atoms with E-state index < -0.39 is 0 Å². The molecule has 0 aliphatic heterocycles. The topological polar surface area (TPSA) is 17.1 Å². The number of rotatable bonds is 1. The average molecular weight is 254 g/mol. The lowest BCUT2D eigenvalue weighted by atomic mass is 10.0. The fourth-order valence-electron chi connectivity index (χ4n) is 2.67. The van der Waals surface area contributed by atoms with E-state index >= 15 is 0 Å². The minimum absolute atomic E-state index is 0.809. The molecule has 1 heterocycles. The van der Waals surface area contributed by atoms with Crippen LogP contribution >= 0.6 is 11.3 Å². The number of aldehydes is 1. The Morgan fingerprint density at radius 1 is 0.889 bits per heavy atom. The van der Waals surface area contributed by atoms with Crippen LogP contribution in [0.5, 0.6) is 0 Å². The minimum atomic E-state index is 0.809. The molecule has 0 radical (unpaired) electrons. The van der Waals surface area contributed by atoms with Crippen molar-refractivity contribution in [3.63, 3.8) is 0 Å². The second kappa shape index (κ2) is 3.92. The summed E-state index contributed by atoms with van der Waals surface area (Å²) in [5.74, 6) is 0. The molecule has 2 aromatic carbocycles. The van der Waals surface area contributed by atoms with E-state index in [0.717, 1.165) is 22.8 Å². The van der Waals surface area contributed by atoms with Gasteiger partial charge in [0.1, 0.15) is 0 Å². The Bertz CT molecular complexity index is 781. The molecule has 0 spiro atoms. The maximum Gasteiger partial charge on any atom is 0.150 e. The van der Waals surface area contributed by atoms with Gasteiger partial charge in [-0.2, -0.15) is 0 Å². The molecule has 0 atom stereocenters. The number of thiophene rings is 1. The van der Waals surface area contributed by atoms with E-state index in [9.17, 15) is 4.79 Å². The van der Waals surface area contributed by atoms with Gasteiger partial charge in [-0.3, -0.25) is 4.79 Å². The summed E-state index contributed by atoms with van der Waals surface area (Å²) in [4.78, 5) is 11.3. The smallest absolute Gasteiger partial charge is 0.150 e. The van der Waals surface area contributed by atoms with Gasteiger partial charge >= 0.3 is 0 Å². The molecule has 1 aromatic heterocycles. The van der Waals surface area contributed by atoms with E-state index in [1.807, 2.05) is 13.0 Å². The van der Waals surface area contributed by atoms with Crippen molar-refractivity contribution in [3.8, 4) is 0 Å². The molecule has 0 amide bonds. The number of benzene rings is 2. The van der Waals surface area contributed by atoms with Crippen molar-refractivity contribution >= 4 is 37.8 Å². The van der Waals surface area contributed by atoms with Gasteiger partial charge in [0.05, 0.1) is 0 Å². The lowest BCUT2D eigenvalue weighted by Gasteiger charge is -2.02. The molecule has 0 N–H and O–H groups in total. The Morgan fingerprint density at radius 3 is 2.17 bits per heavy atom. The van der Waals surface area contributed by atoms with E-state index in [0.29, 0.717) is 0 Å². The number of hydrogen-bond donors (Lipinski definition) is 0. The van der Waals surface area contributed by atoms with Crippen LogP contribution in [0.25, 0.3) is 20.2 Å². The summed E-state index contributed by atoms with van der Waals surface area (Å²) in [7, 11) is 0. The van der Waals surface area contributed by atoms with Crippen molar-refractivity contribution in [1.82, 2.24) is 0 Å². The molecule has 0 fully saturated rings. The van der Waals surface area contributed by atoms with Gasteiger partial charge in [0.15, 0.2) is 6.29 Å². The summed E-state index contributed by atoms with van der Waals surface area (Å²) in [5, 5.41) is 2.36. The first-order chi connectivity index (χ1) is 8.60. The lowest BCUT2D eigenvalue weighted by Crippen LogP contribution is -1.85. The van der Waals surface area contributed by atoms with Gasteiger partial charge in [0.25, 0.3) is 0 Å². The van der Waals surface area contributed by atoms with Crippen LogP contribution in [-0.4, -0.2) is 6.29 Å². The van der Waals surface area contributed by atoms with Crippen LogP contribution in [0, 0.1) is 20.8 Å². The zero-order valence-electron chi connectivity index (χ0n) is 10.7. The van der Waals surface area contributed by atoms with E-state index in [-0.39, 0.29) is 0 Å². The summed E-state index contributed by atoms with van der Waals surface area (Å²) in [6, 6.07) is 8.53. The Morgan fingerprint density at radius 2 is 1.50 bits per heavy atom. The summed E-state index contributed by atoms with van der Waals surface area (Å²) < 4.78 is 2.48. The highest BCUT2D eigenvalue weighted by Crippen LogP contribution is 2.38. The third kappa shape index (κ3) is 1.57. The van der Waals surface area contributed by atoms with Gasteiger partial charge in [-0.15, -0.1) is 11.3 Å². The quantitative estimate of drug-likeness (QED) is 0.570. The van der Waals surface area contributed by atoms with Crippen molar-refractivity contribution in [2.45, 2.75) is 20.8 Å². The average Bonchev–Trinajstić information content (AvgIpc) is 2.65. The maximum absolute atomic E-state index is 11.3. The molecular formula is C16H14OS. The second-order valence-electron chi connectivity index (χ2n) is 4.90. The molecule has 0 saturated heterocycles. The summed E-state index contributed by atoms with van der Waals surface area (Å²) >= 11 is 1.77. The van der Waals surface area contributed by atoms with Crippen molar-refractivity contribution < 1.29 is 4.79 Å². The molecular weight excluding hydrogens is 240 g/mol.